The Hall–Kier alpha value is -3.51. The van der Waals surface area contributed by atoms with E-state index < -0.39 is 30.9 Å². The Morgan fingerprint density at radius 2 is 1.86 bits per heavy atom. The first-order chi connectivity index (χ1) is 19.8. The number of carbonyl (C=O) groups is 1. The van der Waals surface area contributed by atoms with E-state index in [4.69, 9.17) is 32.7 Å². The molecule has 1 amide bonds. The van der Waals surface area contributed by atoms with Crippen molar-refractivity contribution in [2.45, 2.75) is 44.2 Å². The van der Waals surface area contributed by atoms with Crippen LogP contribution in [0, 0.1) is 0 Å². The lowest BCUT2D eigenvalue weighted by atomic mass is 9.78. The number of nitrogens with one attached hydrogen (secondary N) is 1. The zero-order valence-electron chi connectivity index (χ0n) is 22.3. The van der Waals surface area contributed by atoms with Gasteiger partial charge in [0.1, 0.15) is 5.69 Å². The topological polar surface area (TPSA) is 84.6 Å². The van der Waals surface area contributed by atoms with Gasteiger partial charge in [0.25, 0.3) is 11.5 Å². The van der Waals surface area contributed by atoms with Gasteiger partial charge in [-0.1, -0.05) is 46.6 Å². The zero-order valence-corrected chi connectivity index (χ0v) is 23.8. The molecule has 0 aliphatic carbocycles. The van der Waals surface area contributed by atoms with Gasteiger partial charge in [0.05, 0.1) is 23.3 Å². The normalized spacial score (nSPS) is 19.5. The maximum atomic E-state index is 14.5. The smallest absolute Gasteiger partial charge is 0.423 e. The van der Waals surface area contributed by atoms with Gasteiger partial charge in [0.2, 0.25) is 0 Å². The van der Waals surface area contributed by atoms with Crippen LogP contribution in [-0.4, -0.2) is 34.3 Å². The first kappa shape index (κ1) is 28.6. The summed E-state index contributed by atoms with van der Waals surface area (Å²) in [6.45, 7) is 3.92. The van der Waals surface area contributed by atoms with E-state index in [1.165, 1.54) is 12.1 Å². The van der Waals surface area contributed by atoms with Crippen molar-refractivity contribution in [2.75, 3.05) is 0 Å². The molecular weight excluding hydrogens is 593 g/mol. The number of halogens is 5. The number of pyridine rings is 1. The van der Waals surface area contributed by atoms with E-state index in [0.29, 0.717) is 16.5 Å². The summed E-state index contributed by atoms with van der Waals surface area (Å²) >= 11 is 12.0. The quantitative estimate of drug-likeness (QED) is 0.282. The maximum Gasteiger partial charge on any atom is 0.492 e. The number of hydrogen-bond donors (Lipinski definition) is 2. The third-order valence-corrected chi connectivity index (χ3v) is 8.08. The minimum absolute atomic E-state index is 0.0389. The summed E-state index contributed by atoms with van der Waals surface area (Å²) in [4.78, 5) is 18.4. The van der Waals surface area contributed by atoms with Crippen LogP contribution in [0.4, 0.5) is 13.2 Å². The van der Waals surface area contributed by atoms with E-state index in [2.05, 4.69) is 10.5 Å². The average Bonchev–Trinajstić information content (AvgIpc) is 3.63. The number of hydrogen-bond acceptors (Lipinski definition) is 5. The molecule has 7 nitrogen and oxygen atoms in total. The largest absolute Gasteiger partial charge is 0.492 e. The Bertz CT molecular complexity index is 1750. The number of oxime groups is 1. The van der Waals surface area contributed by atoms with Crippen molar-refractivity contribution in [3.63, 3.8) is 0 Å². The fourth-order valence-electron chi connectivity index (χ4n) is 5.53. The molecule has 2 aliphatic rings. The molecule has 2 aliphatic heterocycles. The molecule has 0 saturated carbocycles. The fourth-order valence-corrected chi connectivity index (χ4v) is 6.06. The van der Waals surface area contributed by atoms with Gasteiger partial charge in [0.15, 0.2) is 0 Å². The highest BCUT2D eigenvalue weighted by molar-refractivity contribution is 6.61. The number of alkyl halides is 3. The minimum atomic E-state index is -4.83. The van der Waals surface area contributed by atoms with E-state index in [9.17, 15) is 23.0 Å². The van der Waals surface area contributed by atoms with Crippen molar-refractivity contribution in [1.29, 1.82) is 0 Å². The molecule has 6 rings (SSSR count). The van der Waals surface area contributed by atoms with Crippen LogP contribution in [0.15, 0.2) is 72.0 Å². The second-order valence-corrected chi connectivity index (χ2v) is 11.6. The van der Waals surface area contributed by atoms with E-state index in [-0.39, 0.29) is 39.5 Å². The Kier molecular flexibility index (Phi) is 6.84. The maximum absolute atomic E-state index is 14.5. The highest BCUT2D eigenvalue weighted by Crippen LogP contribution is 2.50. The van der Waals surface area contributed by atoms with Crippen molar-refractivity contribution in [2.24, 2.45) is 5.16 Å². The van der Waals surface area contributed by atoms with Crippen molar-refractivity contribution in [1.82, 2.24) is 9.72 Å². The molecular formula is C29H23BCl2F3N3O4. The second-order valence-electron chi connectivity index (χ2n) is 10.8. The summed E-state index contributed by atoms with van der Waals surface area (Å²) in [5.74, 6) is -0.387. The molecule has 0 radical (unpaired) electrons. The average molecular weight is 616 g/mol. The number of carbonyl (C=O) groups excluding carboxylic acids is 1. The molecule has 4 aromatic rings. The molecule has 0 fully saturated rings. The van der Waals surface area contributed by atoms with Gasteiger partial charge in [-0.05, 0) is 72.9 Å². The first-order valence-electron chi connectivity index (χ1n) is 13.0. The summed E-state index contributed by atoms with van der Waals surface area (Å²) in [6, 6.07) is 15.6. The summed E-state index contributed by atoms with van der Waals surface area (Å²) in [6.07, 6.45) is -3.80. The summed E-state index contributed by atoms with van der Waals surface area (Å²) < 4.78 is 50.6. The van der Waals surface area contributed by atoms with Crippen LogP contribution < -0.4 is 10.8 Å². The number of fused-ring (bicyclic) bond motifs is 2. The predicted molar refractivity (Wildman–Crippen MR) is 153 cm³/mol. The lowest BCUT2D eigenvalue weighted by molar-refractivity contribution is -0.275. The molecule has 216 valence electrons. The SMILES string of the molecule is CC1(C)OB(O)c2ccc(CNC(=O)c3ccc(C4=NOC(c5cc(Cl)cc(Cl)c5)(C(F)(F)F)C4)c4cccn34)cc21. The first-order valence-corrected chi connectivity index (χ1v) is 13.7. The molecule has 0 saturated heterocycles. The molecule has 42 heavy (non-hydrogen) atoms. The lowest BCUT2D eigenvalue weighted by Gasteiger charge is -2.29. The van der Waals surface area contributed by atoms with Gasteiger partial charge in [-0.2, -0.15) is 13.2 Å². The summed E-state index contributed by atoms with van der Waals surface area (Å²) in [7, 11) is -1.00. The van der Waals surface area contributed by atoms with Crippen molar-refractivity contribution in [3.05, 3.63) is 105 Å². The molecule has 1 unspecified atom stereocenters. The zero-order chi connectivity index (χ0) is 30.0. The standard InChI is InChI=1S/C29H23BCl2F3N3O4/c1-27(2)21-10-16(5-7-22(21)30(40)41-27)15-36-26(39)25-8-6-20(24-4-3-9-38(24)25)23-14-28(42-37-23,29(33,34)35)17-11-18(31)13-19(32)12-17/h3-13,40H,14-15H2,1-2H3,(H,36,39). The molecule has 13 heteroatoms. The van der Waals surface area contributed by atoms with Crippen LogP contribution in [-0.2, 0) is 27.2 Å². The third kappa shape index (κ3) is 4.74. The molecule has 4 heterocycles. The number of aromatic nitrogens is 1. The van der Waals surface area contributed by atoms with Crippen LogP contribution in [0.1, 0.15) is 53.0 Å². The van der Waals surface area contributed by atoms with Gasteiger partial charge in [-0.3, -0.25) is 4.79 Å². The van der Waals surface area contributed by atoms with Crippen LogP contribution in [0.5, 0.6) is 0 Å². The van der Waals surface area contributed by atoms with E-state index in [1.54, 1.807) is 40.9 Å². The van der Waals surface area contributed by atoms with E-state index in [0.717, 1.165) is 23.3 Å². The number of amides is 1. The van der Waals surface area contributed by atoms with E-state index >= 15 is 0 Å². The van der Waals surface area contributed by atoms with Crippen molar-refractivity contribution >= 4 is 52.9 Å². The Morgan fingerprint density at radius 1 is 1.12 bits per heavy atom. The van der Waals surface area contributed by atoms with Gasteiger partial charge in [0, 0.05) is 33.9 Å². The Balaban J connectivity index is 1.26. The molecule has 0 bridgehead atoms. The summed E-state index contributed by atoms with van der Waals surface area (Å²) in [5, 5.41) is 17.0. The number of nitrogens with zero attached hydrogens (tertiary/aromatic N) is 2. The van der Waals surface area contributed by atoms with Crippen LogP contribution >= 0.6 is 23.2 Å². The van der Waals surface area contributed by atoms with Gasteiger partial charge in [-0.15, -0.1) is 0 Å². The molecule has 1 atom stereocenters. The van der Waals surface area contributed by atoms with Crippen molar-refractivity contribution < 1.29 is 32.5 Å². The highest BCUT2D eigenvalue weighted by atomic mass is 35.5. The van der Waals surface area contributed by atoms with Gasteiger partial charge < -0.3 is 24.2 Å². The monoisotopic (exact) mass is 615 g/mol. The minimum Gasteiger partial charge on any atom is -0.423 e. The Labute approximate surface area is 249 Å². The van der Waals surface area contributed by atoms with Crippen molar-refractivity contribution in [3.8, 4) is 0 Å². The van der Waals surface area contributed by atoms with Crippen LogP contribution in [0.2, 0.25) is 10.0 Å². The summed E-state index contributed by atoms with van der Waals surface area (Å²) in [5.41, 5.74) is -0.154. The van der Waals surface area contributed by atoms with Crippen LogP contribution in [0.3, 0.4) is 0 Å². The van der Waals surface area contributed by atoms with Gasteiger partial charge in [-0.25, -0.2) is 0 Å². The number of benzene rings is 2. The lowest BCUT2D eigenvalue weighted by Crippen LogP contribution is -2.42. The molecule has 2 aromatic heterocycles. The fraction of sp³-hybridized carbons (Fsp3) is 0.241. The van der Waals surface area contributed by atoms with E-state index in [1.807, 2.05) is 19.9 Å². The predicted octanol–water partition coefficient (Wildman–Crippen LogP) is 5.71. The molecule has 0 spiro atoms. The third-order valence-electron chi connectivity index (χ3n) is 7.64. The molecule has 2 N–H and O–H groups in total. The number of rotatable bonds is 5. The Morgan fingerprint density at radius 3 is 2.57 bits per heavy atom. The van der Waals surface area contributed by atoms with Gasteiger partial charge >= 0.3 is 13.3 Å². The molecule has 2 aromatic carbocycles. The van der Waals surface area contributed by atoms with Crippen LogP contribution in [0.25, 0.3) is 5.52 Å². The second kappa shape index (κ2) is 10.0. The highest BCUT2D eigenvalue weighted by Gasteiger charge is 2.62.